The molecule has 32 heavy (non-hydrogen) atoms. The van der Waals surface area contributed by atoms with Gasteiger partial charge in [-0.05, 0) is 64.0 Å². The highest BCUT2D eigenvalue weighted by Gasteiger charge is 2.20. The van der Waals surface area contributed by atoms with Crippen LogP contribution in [-0.4, -0.2) is 48.1 Å². The molecule has 0 amide bonds. The lowest BCUT2D eigenvalue weighted by Gasteiger charge is -2.06. The van der Waals surface area contributed by atoms with E-state index in [1.165, 1.54) is 12.1 Å². The van der Waals surface area contributed by atoms with Crippen LogP contribution in [0.5, 0.6) is 11.8 Å². The zero-order valence-corrected chi connectivity index (χ0v) is 18.9. The van der Waals surface area contributed by atoms with Gasteiger partial charge in [-0.25, -0.2) is 19.6 Å². The Morgan fingerprint density at radius 2 is 1.22 bits per heavy atom. The third-order valence-electron chi connectivity index (χ3n) is 4.67. The van der Waals surface area contributed by atoms with Crippen LogP contribution >= 0.6 is 0 Å². The third-order valence-corrected chi connectivity index (χ3v) is 4.67. The van der Waals surface area contributed by atoms with Crippen molar-refractivity contribution in [2.45, 2.75) is 38.8 Å². The lowest BCUT2D eigenvalue weighted by Crippen LogP contribution is -2.26. The summed E-state index contributed by atoms with van der Waals surface area (Å²) in [5.74, 6) is -2.32. The molecule has 2 aromatic heterocycles. The maximum Gasteiger partial charge on any atom is 0.424 e. The Balaban J connectivity index is 1.84. The topological polar surface area (TPSA) is 102 Å². The molecule has 2 unspecified atom stereocenters. The molecule has 0 aliphatic carbocycles. The van der Waals surface area contributed by atoms with Crippen LogP contribution in [0.3, 0.4) is 0 Å². The van der Waals surface area contributed by atoms with Crippen molar-refractivity contribution in [3.8, 4) is 11.8 Å². The molecule has 2 aromatic rings. The molecule has 8 nitrogen and oxygen atoms in total. The molecule has 0 saturated heterocycles. The Morgan fingerprint density at radius 3 is 1.53 bits per heavy atom. The summed E-state index contributed by atoms with van der Waals surface area (Å²) in [6.45, 7) is 4.16. The van der Waals surface area contributed by atoms with Gasteiger partial charge in [0, 0.05) is 36.6 Å². The van der Waals surface area contributed by atoms with Crippen LogP contribution in [0.4, 0.5) is 0 Å². The standard InChI is InChI=1S/C24H30N4O4/c1-17(25-3)7-5-9-19-11-13-21(27-15-19)31-23(29)24(30)32-22-14-12-20(16-28-22)10-6-8-18(2)26-4/h5-6,9-18,25-26H,7-8H2,1-4H3/b9-5+,10-6+. The number of hydrogen-bond acceptors (Lipinski definition) is 8. The summed E-state index contributed by atoms with van der Waals surface area (Å²) in [5, 5.41) is 6.30. The summed E-state index contributed by atoms with van der Waals surface area (Å²) in [7, 11) is 3.81. The average Bonchev–Trinajstić information content (AvgIpc) is 2.80. The number of aromatic nitrogens is 2. The monoisotopic (exact) mass is 438 g/mol. The number of hydrogen-bond donors (Lipinski definition) is 2. The first-order valence-electron chi connectivity index (χ1n) is 10.4. The van der Waals surface area contributed by atoms with Gasteiger partial charge in [-0.2, -0.15) is 0 Å². The molecule has 0 bridgehead atoms. The summed E-state index contributed by atoms with van der Waals surface area (Å²) in [4.78, 5) is 32.0. The SMILES string of the molecule is CNC(C)C/C=C/c1ccc(OC(=O)C(=O)Oc2ccc(/C=C/CC(C)NC)cn2)nc1. The van der Waals surface area contributed by atoms with Crippen molar-refractivity contribution in [1.29, 1.82) is 0 Å². The van der Waals surface area contributed by atoms with E-state index >= 15 is 0 Å². The largest absolute Gasteiger partial charge is 0.424 e. The lowest BCUT2D eigenvalue weighted by atomic mass is 10.2. The highest BCUT2D eigenvalue weighted by atomic mass is 16.6. The Bertz CT molecular complexity index is 847. The van der Waals surface area contributed by atoms with E-state index in [-0.39, 0.29) is 11.8 Å². The van der Waals surface area contributed by atoms with Gasteiger partial charge in [0.1, 0.15) is 0 Å². The molecule has 2 heterocycles. The first-order chi connectivity index (χ1) is 15.4. The van der Waals surface area contributed by atoms with Gasteiger partial charge in [0.2, 0.25) is 11.8 Å². The summed E-state index contributed by atoms with van der Waals surface area (Å²) in [6.07, 6.45) is 12.8. The Kier molecular flexibility index (Phi) is 10.2. The van der Waals surface area contributed by atoms with E-state index in [0.29, 0.717) is 12.1 Å². The minimum Gasteiger partial charge on any atom is -0.399 e. The average molecular weight is 439 g/mol. The van der Waals surface area contributed by atoms with E-state index in [2.05, 4.69) is 34.4 Å². The number of nitrogens with zero attached hydrogens (tertiary/aromatic N) is 2. The molecule has 2 N–H and O–H groups in total. The van der Waals surface area contributed by atoms with Gasteiger partial charge in [0.25, 0.3) is 0 Å². The number of ether oxygens (including phenoxy) is 2. The predicted octanol–water partition coefficient (Wildman–Crippen LogP) is 3.01. The van der Waals surface area contributed by atoms with Crippen molar-refractivity contribution in [2.24, 2.45) is 0 Å². The van der Waals surface area contributed by atoms with Crippen molar-refractivity contribution >= 4 is 24.1 Å². The zero-order chi connectivity index (χ0) is 23.3. The molecule has 0 fully saturated rings. The Morgan fingerprint density at radius 1 is 0.812 bits per heavy atom. The number of carbonyl (C=O) groups excluding carboxylic acids is 2. The number of nitrogens with one attached hydrogen (secondary N) is 2. The quantitative estimate of drug-likeness (QED) is 0.431. The molecule has 8 heteroatoms. The highest BCUT2D eigenvalue weighted by molar-refractivity contribution is 6.30. The van der Waals surface area contributed by atoms with Crippen LogP contribution in [-0.2, 0) is 9.59 Å². The van der Waals surface area contributed by atoms with Gasteiger partial charge in [-0.1, -0.05) is 24.3 Å². The van der Waals surface area contributed by atoms with Crippen molar-refractivity contribution < 1.29 is 19.1 Å². The maximum atomic E-state index is 12.0. The normalized spacial score (nSPS) is 13.2. The van der Waals surface area contributed by atoms with Gasteiger partial charge in [0.15, 0.2) is 0 Å². The summed E-state index contributed by atoms with van der Waals surface area (Å²) in [5.41, 5.74) is 1.71. The highest BCUT2D eigenvalue weighted by Crippen LogP contribution is 2.12. The molecular weight excluding hydrogens is 408 g/mol. The van der Waals surface area contributed by atoms with E-state index in [4.69, 9.17) is 9.47 Å². The number of pyridine rings is 2. The third kappa shape index (κ3) is 8.79. The van der Waals surface area contributed by atoms with Gasteiger partial charge in [0.05, 0.1) is 0 Å². The van der Waals surface area contributed by atoms with Gasteiger partial charge >= 0.3 is 11.9 Å². The van der Waals surface area contributed by atoms with Crippen LogP contribution in [0.2, 0.25) is 0 Å². The second-order valence-corrected chi connectivity index (χ2v) is 7.29. The fourth-order valence-corrected chi connectivity index (χ4v) is 2.43. The van der Waals surface area contributed by atoms with Crippen LogP contribution in [0.1, 0.15) is 37.8 Å². The van der Waals surface area contributed by atoms with Crippen molar-refractivity contribution in [2.75, 3.05) is 14.1 Å². The van der Waals surface area contributed by atoms with E-state index in [0.717, 1.165) is 24.0 Å². The number of rotatable bonds is 10. The smallest absolute Gasteiger partial charge is 0.399 e. The van der Waals surface area contributed by atoms with Crippen LogP contribution < -0.4 is 20.1 Å². The fraction of sp³-hybridized carbons (Fsp3) is 0.333. The molecule has 170 valence electrons. The van der Waals surface area contributed by atoms with Gasteiger partial charge in [-0.3, -0.25) is 0 Å². The predicted molar refractivity (Wildman–Crippen MR) is 124 cm³/mol. The van der Waals surface area contributed by atoms with Crippen molar-refractivity contribution in [3.63, 3.8) is 0 Å². The fourth-order valence-electron chi connectivity index (χ4n) is 2.43. The number of carbonyl (C=O) groups is 2. The van der Waals surface area contributed by atoms with E-state index in [1.807, 2.05) is 38.4 Å². The Labute approximate surface area is 188 Å². The molecule has 0 saturated carbocycles. The number of esters is 2. The first-order valence-corrected chi connectivity index (χ1v) is 10.4. The van der Waals surface area contributed by atoms with Crippen LogP contribution in [0.25, 0.3) is 12.2 Å². The van der Waals surface area contributed by atoms with E-state index < -0.39 is 11.9 Å². The van der Waals surface area contributed by atoms with Crippen LogP contribution in [0, 0.1) is 0 Å². The molecule has 2 rings (SSSR count). The summed E-state index contributed by atoms with van der Waals surface area (Å²) >= 11 is 0. The summed E-state index contributed by atoms with van der Waals surface area (Å²) < 4.78 is 9.94. The second kappa shape index (κ2) is 13.1. The van der Waals surface area contributed by atoms with E-state index in [9.17, 15) is 9.59 Å². The molecular formula is C24H30N4O4. The molecule has 2 atom stereocenters. The maximum absolute atomic E-state index is 12.0. The zero-order valence-electron chi connectivity index (χ0n) is 18.9. The molecule has 0 spiro atoms. The molecule has 0 aliphatic heterocycles. The molecule has 0 radical (unpaired) electrons. The summed E-state index contributed by atoms with van der Waals surface area (Å²) in [6, 6.07) is 7.26. The minimum atomic E-state index is -1.17. The van der Waals surface area contributed by atoms with Crippen molar-refractivity contribution in [1.82, 2.24) is 20.6 Å². The van der Waals surface area contributed by atoms with Crippen molar-refractivity contribution in [3.05, 3.63) is 59.9 Å². The first kappa shape index (κ1) is 24.9. The molecule has 0 aromatic carbocycles. The lowest BCUT2D eigenvalue weighted by molar-refractivity contribution is -0.156. The minimum absolute atomic E-state index is 0.0111. The Hall–Kier alpha value is -3.36. The van der Waals surface area contributed by atoms with E-state index in [1.54, 1.807) is 24.5 Å². The van der Waals surface area contributed by atoms with Crippen LogP contribution in [0.15, 0.2) is 48.8 Å². The second-order valence-electron chi connectivity index (χ2n) is 7.29. The molecule has 0 aliphatic rings. The van der Waals surface area contributed by atoms with Gasteiger partial charge < -0.3 is 20.1 Å². The van der Waals surface area contributed by atoms with Gasteiger partial charge in [-0.15, -0.1) is 0 Å².